The minimum absolute atomic E-state index is 0.0313. The van der Waals surface area contributed by atoms with E-state index in [-0.39, 0.29) is 5.56 Å². The van der Waals surface area contributed by atoms with E-state index in [4.69, 9.17) is 5.11 Å². The van der Waals surface area contributed by atoms with Crippen molar-refractivity contribution in [1.29, 1.82) is 0 Å². The predicted octanol–water partition coefficient (Wildman–Crippen LogP) is 1.49. The molecular formula is C11H12F3NO2. The number of hydrogen-bond acceptors (Lipinski definition) is 2. The normalized spacial score (nSPS) is 11.4. The fourth-order valence-corrected chi connectivity index (χ4v) is 1.23. The number of alkyl halides is 2. The van der Waals surface area contributed by atoms with Gasteiger partial charge in [0, 0.05) is 5.56 Å². The smallest absolute Gasteiger partial charge is 0.287 e. The number of benzene rings is 1. The first-order valence-electron chi connectivity index (χ1n) is 4.88. The topological polar surface area (TPSA) is 49.3 Å². The zero-order valence-electron chi connectivity index (χ0n) is 9.14. The Bertz CT molecular complexity index is 401. The van der Waals surface area contributed by atoms with Crippen LogP contribution in [0.5, 0.6) is 0 Å². The molecule has 0 bridgehead atoms. The van der Waals surface area contributed by atoms with Gasteiger partial charge in [0.25, 0.3) is 11.8 Å². The van der Waals surface area contributed by atoms with Gasteiger partial charge >= 0.3 is 0 Å². The van der Waals surface area contributed by atoms with Crippen LogP contribution in [0.2, 0.25) is 0 Å². The van der Waals surface area contributed by atoms with Crippen molar-refractivity contribution in [3.8, 4) is 0 Å². The van der Waals surface area contributed by atoms with Crippen molar-refractivity contribution in [3.63, 3.8) is 0 Å². The fourth-order valence-electron chi connectivity index (χ4n) is 1.23. The highest BCUT2D eigenvalue weighted by Gasteiger charge is 2.28. The number of aliphatic hydroxyl groups excluding tert-OH is 1. The van der Waals surface area contributed by atoms with Gasteiger partial charge < -0.3 is 10.4 Å². The van der Waals surface area contributed by atoms with Gasteiger partial charge in [-0.1, -0.05) is 0 Å². The Balaban J connectivity index is 2.70. The maximum atomic E-state index is 13.0. The second-order valence-electron chi connectivity index (χ2n) is 3.71. The van der Waals surface area contributed by atoms with Gasteiger partial charge in [-0.3, -0.25) is 4.79 Å². The summed E-state index contributed by atoms with van der Waals surface area (Å²) in [6, 6.07) is 3.56. The van der Waals surface area contributed by atoms with Gasteiger partial charge in [0.05, 0.1) is 6.54 Å². The summed E-state index contributed by atoms with van der Waals surface area (Å²) in [6.07, 6.45) is 0. The number of aryl methyl sites for hydroxylation is 1. The summed E-state index contributed by atoms with van der Waals surface area (Å²) < 4.78 is 38.3. The molecular weight excluding hydrogens is 235 g/mol. The van der Waals surface area contributed by atoms with E-state index < -0.39 is 30.8 Å². The van der Waals surface area contributed by atoms with E-state index in [1.165, 1.54) is 12.1 Å². The molecule has 0 aliphatic heterocycles. The van der Waals surface area contributed by atoms with Crippen molar-refractivity contribution < 1.29 is 23.1 Å². The van der Waals surface area contributed by atoms with Crippen molar-refractivity contribution in [2.75, 3.05) is 13.2 Å². The van der Waals surface area contributed by atoms with Gasteiger partial charge in [-0.2, -0.15) is 0 Å². The Morgan fingerprint density at radius 1 is 1.41 bits per heavy atom. The third-order valence-electron chi connectivity index (χ3n) is 2.04. The number of nitrogens with one attached hydrogen (secondary N) is 1. The summed E-state index contributed by atoms with van der Waals surface area (Å²) in [5, 5.41) is 10.2. The molecule has 0 aliphatic carbocycles. The van der Waals surface area contributed by atoms with Gasteiger partial charge in [-0.05, 0) is 30.7 Å². The number of halogens is 3. The predicted molar refractivity (Wildman–Crippen MR) is 55.5 cm³/mol. The molecule has 0 atom stereocenters. The summed E-state index contributed by atoms with van der Waals surface area (Å²) in [5.41, 5.74) is 0.486. The van der Waals surface area contributed by atoms with Crippen LogP contribution in [0.25, 0.3) is 0 Å². The monoisotopic (exact) mass is 247 g/mol. The van der Waals surface area contributed by atoms with Crippen LogP contribution in [0, 0.1) is 12.7 Å². The largest absolute Gasteiger partial charge is 0.390 e. The first-order valence-corrected chi connectivity index (χ1v) is 4.88. The van der Waals surface area contributed by atoms with E-state index in [2.05, 4.69) is 0 Å². The first-order chi connectivity index (χ1) is 7.84. The Kier molecular flexibility index (Phi) is 4.11. The molecule has 3 nitrogen and oxygen atoms in total. The molecule has 0 aromatic heterocycles. The SMILES string of the molecule is Cc1cc(F)cc(C(=O)NCC(F)(F)CO)c1. The molecule has 6 heteroatoms. The molecule has 0 heterocycles. The Labute approximate surface area is 96.3 Å². The zero-order chi connectivity index (χ0) is 13.1. The summed E-state index contributed by atoms with van der Waals surface area (Å²) >= 11 is 0. The van der Waals surface area contributed by atoms with E-state index >= 15 is 0 Å². The molecule has 94 valence electrons. The Morgan fingerprint density at radius 2 is 2.06 bits per heavy atom. The first kappa shape index (κ1) is 13.5. The molecule has 0 saturated carbocycles. The number of hydrogen-bond donors (Lipinski definition) is 2. The van der Waals surface area contributed by atoms with E-state index in [1.807, 2.05) is 5.32 Å². The lowest BCUT2D eigenvalue weighted by molar-refractivity contribution is -0.0462. The lowest BCUT2D eigenvalue weighted by Gasteiger charge is -2.14. The van der Waals surface area contributed by atoms with E-state index in [0.717, 1.165) is 6.07 Å². The minimum Gasteiger partial charge on any atom is -0.390 e. The molecule has 1 aromatic carbocycles. The number of rotatable bonds is 4. The maximum absolute atomic E-state index is 13.0. The summed E-state index contributed by atoms with van der Waals surface area (Å²) in [5.74, 6) is -4.79. The second-order valence-corrected chi connectivity index (χ2v) is 3.71. The van der Waals surface area contributed by atoms with Crippen LogP contribution >= 0.6 is 0 Å². The summed E-state index contributed by atoms with van der Waals surface area (Å²) in [7, 11) is 0. The van der Waals surface area contributed by atoms with E-state index in [9.17, 15) is 18.0 Å². The highest BCUT2D eigenvalue weighted by Crippen LogP contribution is 2.11. The highest BCUT2D eigenvalue weighted by molar-refractivity contribution is 5.94. The van der Waals surface area contributed by atoms with Crippen LogP contribution in [0.15, 0.2) is 18.2 Å². The highest BCUT2D eigenvalue weighted by atomic mass is 19.3. The lowest BCUT2D eigenvalue weighted by atomic mass is 10.1. The maximum Gasteiger partial charge on any atom is 0.287 e. The quantitative estimate of drug-likeness (QED) is 0.847. The van der Waals surface area contributed by atoms with Crippen LogP contribution in [0.3, 0.4) is 0 Å². The average molecular weight is 247 g/mol. The van der Waals surface area contributed by atoms with Crippen LogP contribution < -0.4 is 5.32 Å². The summed E-state index contributed by atoms with van der Waals surface area (Å²) in [6.45, 7) is -0.754. The lowest BCUT2D eigenvalue weighted by Crippen LogP contribution is -2.39. The van der Waals surface area contributed by atoms with Gasteiger partial charge in [0.1, 0.15) is 12.4 Å². The number of carbonyl (C=O) groups excluding carboxylic acids is 1. The van der Waals surface area contributed by atoms with Crippen LogP contribution in [0.1, 0.15) is 15.9 Å². The minimum atomic E-state index is -3.38. The number of aliphatic hydroxyl groups is 1. The van der Waals surface area contributed by atoms with Crippen molar-refractivity contribution in [2.45, 2.75) is 12.8 Å². The molecule has 0 aliphatic rings. The molecule has 0 unspecified atom stereocenters. The molecule has 1 rings (SSSR count). The molecule has 2 N–H and O–H groups in total. The van der Waals surface area contributed by atoms with Crippen molar-refractivity contribution in [1.82, 2.24) is 5.32 Å². The standard InChI is InChI=1S/C11H12F3NO2/c1-7-2-8(4-9(12)3-7)10(17)15-5-11(13,14)6-16/h2-4,16H,5-6H2,1H3,(H,15,17). The Morgan fingerprint density at radius 3 is 2.59 bits per heavy atom. The Hall–Kier alpha value is -1.56. The zero-order valence-corrected chi connectivity index (χ0v) is 9.14. The van der Waals surface area contributed by atoms with E-state index in [0.29, 0.717) is 5.56 Å². The number of amides is 1. The average Bonchev–Trinajstić information content (AvgIpc) is 2.24. The van der Waals surface area contributed by atoms with Crippen LogP contribution in [0.4, 0.5) is 13.2 Å². The molecule has 1 aromatic rings. The van der Waals surface area contributed by atoms with Crippen LogP contribution in [-0.2, 0) is 0 Å². The molecule has 17 heavy (non-hydrogen) atoms. The fraction of sp³-hybridized carbons (Fsp3) is 0.364. The van der Waals surface area contributed by atoms with Crippen molar-refractivity contribution in [2.24, 2.45) is 0 Å². The second kappa shape index (κ2) is 5.18. The van der Waals surface area contributed by atoms with Gasteiger partial charge in [0.15, 0.2) is 0 Å². The summed E-state index contributed by atoms with van der Waals surface area (Å²) in [4.78, 5) is 11.4. The molecule has 1 amide bonds. The van der Waals surface area contributed by atoms with Crippen LogP contribution in [-0.4, -0.2) is 30.1 Å². The molecule has 0 saturated heterocycles. The molecule has 0 spiro atoms. The van der Waals surface area contributed by atoms with Gasteiger partial charge in [0.2, 0.25) is 0 Å². The van der Waals surface area contributed by atoms with Crippen molar-refractivity contribution >= 4 is 5.91 Å². The van der Waals surface area contributed by atoms with Gasteiger partial charge in [-0.15, -0.1) is 0 Å². The molecule has 0 radical (unpaired) electrons. The molecule has 0 fully saturated rings. The third kappa shape index (κ3) is 4.07. The van der Waals surface area contributed by atoms with Crippen molar-refractivity contribution in [3.05, 3.63) is 35.1 Å². The van der Waals surface area contributed by atoms with E-state index in [1.54, 1.807) is 6.92 Å². The third-order valence-corrected chi connectivity index (χ3v) is 2.04. The number of carbonyl (C=O) groups is 1. The van der Waals surface area contributed by atoms with Gasteiger partial charge in [-0.25, -0.2) is 13.2 Å².